The second-order valence-electron chi connectivity index (χ2n) is 6.26. The SMILES string of the molecule is Cc1ccc(-c2n[nH]c(=S)n2CC(=O)NCC(=O)Nc2ccc(F)c(F)c2)cc1. The molecule has 3 rings (SSSR count). The highest BCUT2D eigenvalue weighted by Gasteiger charge is 2.13. The van der Waals surface area contributed by atoms with Crippen molar-refractivity contribution in [1.82, 2.24) is 20.1 Å². The van der Waals surface area contributed by atoms with Gasteiger partial charge in [-0.3, -0.25) is 19.3 Å². The number of aromatic nitrogens is 3. The van der Waals surface area contributed by atoms with Crippen LogP contribution in [0.3, 0.4) is 0 Å². The van der Waals surface area contributed by atoms with Crippen LogP contribution >= 0.6 is 12.2 Å². The molecule has 0 aliphatic heterocycles. The first kappa shape index (κ1) is 20.3. The van der Waals surface area contributed by atoms with Crippen LogP contribution in [-0.4, -0.2) is 33.1 Å². The maximum atomic E-state index is 13.2. The average molecular weight is 417 g/mol. The summed E-state index contributed by atoms with van der Waals surface area (Å²) in [6.45, 7) is 1.47. The largest absolute Gasteiger partial charge is 0.345 e. The molecule has 0 unspecified atom stereocenters. The van der Waals surface area contributed by atoms with Crippen LogP contribution in [0.4, 0.5) is 14.5 Å². The third-order valence-corrected chi connectivity index (χ3v) is 4.33. The molecule has 0 bridgehead atoms. The van der Waals surface area contributed by atoms with Gasteiger partial charge in [-0.05, 0) is 31.3 Å². The molecule has 0 fully saturated rings. The van der Waals surface area contributed by atoms with Crippen LogP contribution in [0.25, 0.3) is 11.4 Å². The molecule has 1 aromatic heterocycles. The fraction of sp³-hybridized carbons (Fsp3) is 0.158. The van der Waals surface area contributed by atoms with E-state index in [-0.39, 0.29) is 23.5 Å². The number of halogens is 2. The van der Waals surface area contributed by atoms with Crippen molar-refractivity contribution in [2.75, 3.05) is 11.9 Å². The number of amides is 2. The van der Waals surface area contributed by atoms with Gasteiger partial charge in [0.25, 0.3) is 0 Å². The molecule has 29 heavy (non-hydrogen) atoms. The van der Waals surface area contributed by atoms with E-state index in [4.69, 9.17) is 12.2 Å². The predicted octanol–water partition coefficient (Wildman–Crippen LogP) is 2.95. The zero-order valence-corrected chi connectivity index (χ0v) is 16.1. The normalized spacial score (nSPS) is 10.6. The molecule has 0 aliphatic rings. The summed E-state index contributed by atoms with van der Waals surface area (Å²) in [5, 5.41) is 11.6. The topological polar surface area (TPSA) is 91.8 Å². The molecule has 0 spiro atoms. The van der Waals surface area contributed by atoms with Gasteiger partial charge in [0.15, 0.2) is 22.2 Å². The Hall–Kier alpha value is -3.40. The Morgan fingerprint density at radius 2 is 1.83 bits per heavy atom. The summed E-state index contributed by atoms with van der Waals surface area (Å²) in [7, 11) is 0. The number of nitrogens with zero attached hydrogens (tertiary/aromatic N) is 2. The first-order chi connectivity index (χ1) is 13.8. The van der Waals surface area contributed by atoms with Crippen molar-refractivity contribution in [1.29, 1.82) is 0 Å². The van der Waals surface area contributed by atoms with Gasteiger partial charge in [0.2, 0.25) is 11.8 Å². The number of carbonyl (C=O) groups is 2. The molecule has 10 heteroatoms. The van der Waals surface area contributed by atoms with E-state index >= 15 is 0 Å². The fourth-order valence-electron chi connectivity index (χ4n) is 2.54. The first-order valence-electron chi connectivity index (χ1n) is 8.57. The smallest absolute Gasteiger partial charge is 0.243 e. The first-order valence-corrected chi connectivity index (χ1v) is 8.98. The van der Waals surface area contributed by atoms with Gasteiger partial charge < -0.3 is 10.6 Å². The summed E-state index contributed by atoms with van der Waals surface area (Å²) in [5.74, 6) is -2.64. The highest BCUT2D eigenvalue weighted by atomic mass is 32.1. The van der Waals surface area contributed by atoms with Gasteiger partial charge in [0.1, 0.15) is 6.54 Å². The molecule has 3 N–H and O–H groups in total. The van der Waals surface area contributed by atoms with E-state index < -0.39 is 23.4 Å². The lowest BCUT2D eigenvalue weighted by atomic mass is 10.1. The van der Waals surface area contributed by atoms with Crippen molar-refractivity contribution in [2.24, 2.45) is 0 Å². The van der Waals surface area contributed by atoms with Gasteiger partial charge in [-0.25, -0.2) is 8.78 Å². The van der Waals surface area contributed by atoms with E-state index in [9.17, 15) is 18.4 Å². The van der Waals surface area contributed by atoms with E-state index in [2.05, 4.69) is 20.8 Å². The average Bonchev–Trinajstić information content (AvgIpc) is 3.04. The number of hydrogen-bond donors (Lipinski definition) is 3. The van der Waals surface area contributed by atoms with E-state index in [1.165, 1.54) is 10.6 Å². The zero-order chi connectivity index (χ0) is 21.0. The van der Waals surface area contributed by atoms with Crippen LogP contribution in [0.1, 0.15) is 5.56 Å². The monoisotopic (exact) mass is 417 g/mol. The summed E-state index contributed by atoms with van der Waals surface area (Å²) in [4.78, 5) is 24.2. The van der Waals surface area contributed by atoms with Gasteiger partial charge in [-0.2, -0.15) is 5.10 Å². The number of hydrogen-bond acceptors (Lipinski definition) is 4. The minimum absolute atomic E-state index is 0.0851. The second kappa shape index (κ2) is 8.74. The van der Waals surface area contributed by atoms with Crippen LogP contribution in [0.5, 0.6) is 0 Å². The molecule has 0 atom stereocenters. The lowest BCUT2D eigenvalue weighted by Crippen LogP contribution is -2.35. The van der Waals surface area contributed by atoms with Gasteiger partial charge in [-0.1, -0.05) is 29.8 Å². The van der Waals surface area contributed by atoms with Crippen LogP contribution in [0, 0.1) is 23.3 Å². The Bertz CT molecular complexity index is 1110. The molecular weight excluding hydrogens is 400 g/mol. The standard InChI is InChI=1S/C19H17F2N5O2S/c1-11-2-4-12(5-3-11)18-24-25-19(29)26(18)10-17(28)22-9-16(27)23-13-6-7-14(20)15(21)8-13/h2-8H,9-10H2,1H3,(H,22,28)(H,23,27)(H,25,29). The van der Waals surface area contributed by atoms with Crippen molar-refractivity contribution in [3.8, 4) is 11.4 Å². The van der Waals surface area contributed by atoms with Gasteiger partial charge in [0, 0.05) is 17.3 Å². The maximum absolute atomic E-state index is 13.2. The molecule has 0 radical (unpaired) electrons. The second-order valence-corrected chi connectivity index (χ2v) is 6.65. The summed E-state index contributed by atoms with van der Waals surface area (Å²) >= 11 is 5.18. The van der Waals surface area contributed by atoms with Gasteiger partial charge in [-0.15, -0.1) is 0 Å². The number of nitrogens with one attached hydrogen (secondary N) is 3. The van der Waals surface area contributed by atoms with Crippen LogP contribution in [0.2, 0.25) is 0 Å². The quantitative estimate of drug-likeness (QED) is 0.538. The highest BCUT2D eigenvalue weighted by Crippen LogP contribution is 2.18. The number of aromatic amines is 1. The molecule has 1 heterocycles. The summed E-state index contributed by atoms with van der Waals surface area (Å²) in [6.07, 6.45) is 0. The van der Waals surface area contributed by atoms with Crippen molar-refractivity contribution >= 4 is 29.7 Å². The van der Waals surface area contributed by atoms with E-state index in [0.29, 0.717) is 5.82 Å². The predicted molar refractivity (Wildman–Crippen MR) is 106 cm³/mol. The van der Waals surface area contributed by atoms with Crippen molar-refractivity contribution in [2.45, 2.75) is 13.5 Å². The highest BCUT2D eigenvalue weighted by molar-refractivity contribution is 7.71. The molecule has 3 aromatic rings. The Labute approximate surface area is 169 Å². The summed E-state index contributed by atoms with van der Waals surface area (Å²) < 4.78 is 27.9. The minimum Gasteiger partial charge on any atom is -0.345 e. The van der Waals surface area contributed by atoms with E-state index in [1.807, 2.05) is 31.2 Å². The van der Waals surface area contributed by atoms with Gasteiger partial charge >= 0.3 is 0 Å². The van der Waals surface area contributed by atoms with Crippen LogP contribution in [0.15, 0.2) is 42.5 Å². The maximum Gasteiger partial charge on any atom is 0.243 e. The number of carbonyl (C=O) groups excluding carboxylic acids is 2. The van der Waals surface area contributed by atoms with Crippen molar-refractivity contribution < 1.29 is 18.4 Å². The molecule has 2 aromatic carbocycles. The van der Waals surface area contributed by atoms with Crippen molar-refractivity contribution in [3.05, 3.63) is 64.4 Å². The van der Waals surface area contributed by atoms with Crippen molar-refractivity contribution in [3.63, 3.8) is 0 Å². The molecule has 0 saturated heterocycles. The minimum atomic E-state index is -1.08. The number of benzene rings is 2. The summed E-state index contributed by atoms with van der Waals surface area (Å²) in [6, 6.07) is 10.5. The lowest BCUT2D eigenvalue weighted by Gasteiger charge is -2.09. The molecule has 150 valence electrons. The molecule has 0 saturated carbocycles. The number of rotatable bonds is 6. The Kier molecular flexibility index (Phi) is 6.13. The zero-order valence-electron chi connectivity index (χ0n) is 15.3. The summed E-state index contributed by atoms with van der Waals surface area (Å²) in [5.41, 5.74) is 1.95. The molecular formula is C19H17F2N5O2S. The third kappa shape index (κ3) is 5.11. The number of aryl methyl sites for hydroxylation is 1. The fourth-order valence-corrected chi connectivity index (χ4v) is 2.74. The van der Waals surface area contributed by atoms with Crippen LogP contribution in [-0.2, 0) is 16.1 Å². The number of H-pyrrole nitrogens is 1. The third-order valence-electron chi connectivity index (χ3n) is 4.02. The Morgan fingerprint density at radius 3 is 2.52 bits per heavy atom. The number of anilines is 1. The molecule has 7 nitrogen and oxygen atoms in total. The van der Waals surface area contributed by atoms with E-state index in [0.717, 1.165) is 23.3 Å². The Balaban J connectivity index is 1.60. The van der Waals surface area contributed by atoms with Crippen LogP contribution < -0.4 is 10.6 Å². The Morgan fingerprint density at radius 1 is 1.10 bits per heavy atom. The van der Waals surface area contributed by atoms with E-state index in [1.54, 1.807) is 0 Å². The molecule has 2 amide bonds. The lowest BCUT2D eigenvalue weighted by molar-refractivity contribution is -0.124. The molecule has 0 aliphatic carbocycles. The van der Waals surface area contributed by atoms with Gasteiger partial charge in [0.05, 0.1) is 6.54 Å².